The summed E-state index contributed by atoms with van der Waals surface area (Å²) in [6.45, 7) is 4.19. The Balaban J connectivity index is 0.973. The Morgan fingerprint density at radius 3 is 1.83 bits per heavy atom. The number of anilines is 3. The number of rotatable bonds is 8. The first-order valence-electron chi connectivity index (χ1n) is 24.9. The fourth-order valence-electron chi connectivity index (χ4n) is 11.9. The smallest absolute Gasteiger partial charge is 0.0778 e. The molecule has 2 aliphatic carbocycles. The molecular formula is C68H51N3. The molecular weight excluding hydrogens is 859 g/mol. The highest BCUT2D eigenvalue weighted by molar-refractivity contribution is 5.95. The van der Waals surface area contributed by atoms with Crippen LogP contribution >= 0.6 is 0 Å². The molecule has 0 saturated heterocycles. The summed E-state index contributed by atoms with van der Waals surface area (Å²) in [7, 11) is 0. The Kier molecular flexibility index (Phi) is 10.3. The van der Waals surface area contributed by atoms with Crippen LogP contribution in [0.1, 0.15) is 53.8 Å². The monoisotopic (exact) mass is 909 g/mol. The predicted octanol–water partition coefficient (Wildman–Crippen LogP) is 15.9. The van der Waals surface area contributed by atoms with Crippen molar-refractivity contribution < 1.29 is 0 Å². The minimum absolute atomic E-state index is 0.598. The van der Waals surface area contributed by atoms with E-state index in [1.807, 2.05) is 0 Å². The number of aromatic nitrogens is 2. The van der Waals surface area contributed by atoms with E-state index in [-0.39, 0.29) is 0 Å². The van der Waals surface area contributed by atoms with Gasteiger partial charge in [0.2, 0.25) is 0 Å². The molecule has 0 unspecified atom stereocenters. The molecule has 0 aliphatic heterocycles. The van der Waals surface area contributed by atoms with E-state index in [9.17, 15) is 0 Å². The Hall–Kier alpha value is -8.79. The number of fused-ring (bicyclic) bond motifs is 7. The Morgan fingerprint density at radius 1 is 0.521 bits per heavy atom. The maximum Gasteiger partial charge on any atom is 0.0778 e. The van der Waals surface area contributed by atoms with Crippen molar-refractivity contribution in [2.45, 2.75) is 32.1 Å². The molecule has 2 heterocycles. The highest BCUT2D eigenvalue weighted by atomic mass is 15.1. The van der Waals surface area contributed by atoms with Gasteiger partial charge in [0, 0.05) is 44.3 Å². The molecule has 3 nitrogen and oxygen atoms in total. The standard InChI is InChI=1S/C68H51N3/c1-3-46-28-29-51-42-57(45-69-67(51)58(46)4-2)70(54-35-30-48(31-36-54)49-32-37-55(38-33-49)71-65-26-16-14-24-61(65)62-25-15-17-27-66(62)71)56-39-41-60-59-40-34-50(47-18-8-5-9-19-47)43-63(59)68(64(60)44-56,52-20-10-6-11-21-52)53-22-12-7-13-23-53/h3-16,18-26,28-45H,17,27H2,1-2H3/b46-3-,58-4+. The first-order valence-corrected chi connectivity index (χ1v) is 24.9. The second-order valence-electron chi connectivity index (χ2n) is 18.8. The fraction of sp³-hybridized carbons (Fsp3) is 0.0735. The van der Waals surface area contributed by atoms with Crippen LogP contribution in [-0.2, 0) is 11.8 Å². The molecule has 0 spiro atoms. The zero-order valence-electron chi connectivity index (χ0n) is 39.9. The maximum absolute atomic E-state index is 5.24. The number of pyridine rings is 1. The maximum atomic E-state index is 5.24. The summed E-state index contributed by atoms with van der Waals surface area (Å²) in [5.74, 6) is 0. The summed E-state index contributed by atoms with van der Waals surface area (Å²) >= 11 is 0. The summed E-state index contributed by atoms with van der Waals surface area (Å²) in [4.78, 5) is 7.63. The van der Waals surface area contributed by atoms with Crippen LogP contribution in [0, 0.1) is 0 Å². The molecule has 2 aliphatic rings. The van der Waals surface area contributed by atoms with Crippen LogP contribution in [0.25, 0.3) is 79.1 Å². The van der Waals surface area contributed by atoms with Crippen molar-refractivity contribution in [1.82, 2.24) is 9.55 Å². The Bertz CT molecular complexity index is 3940. The number of allylic oxidation sites excluding steroid dienone is 1. The molecule has 11 aromatic rings. The van der Waals surface area contributed by atoms with E-state index in [0.29, 0.717) is 0 Å². The lowest BCUT2D eigenvalue weighted by Gasteiger charge is -2.35. The first kappa shape index (κ1) is 42.3. The zero-order chi connectivity index (χ0) is 47.5. The molecule has 71 heavy (non-hydrogen) atoms. The fourth-order valence-corrected chi connectivity index (χ4v) is 11.9. The average molecular weight is 910 g/mol. The normalized spacial score (nSPS) is 13.9. The molecule has 0 fully saturated rings. The minimum Gasteiger partial charge on any atom is -0.313 e. The number of benzene rings is 9. The van der Waals surface area contributed by atoms with Gasteiger partial charge in [0.1, 0.15) is 0 Å². The number of hydrogen-bond acceptors (Lipinski definition) is 2. The molecule has 0 amide bonds. The lowest BCUT2D eigenvalue weighted by atomic mass is 9.67. The summed E-state index contributed by atoms with van der Waals surface area (Å²) < 4.78 is 2.46. The third kappa shape index (κ3) is 6.83. The van der Waals surface area contributed by atoms with Gasteiger partial charge in [-0.05, 0) is 142 Å². The van der Waals surface area contributed by atoms with Gasteiger partial charge in [-0.2, -0.15) is 0 Å². The zero-order valence-corrected chi connectivity index (χ0v) is 39.9. The summed E-state index contributed by atoms with van der Waals surface area (Å²) in [5, 5.41) is 4.75. The average Bonchev–Trinajstić information content (AvgIpc) is 3.94. The Labute approximate surface area is 415 Å². The van der Waals surface area contributed by atoms with E-state index in [2.05, 4.69) is 272 Å². The molecule has 0 bridgehead atoms. The van der Waals surface area contributed by atoms with Gasteiger partial charge in [0.05, 0.1) is 28.3 Å². The van der Waals surface area contributed by atoms with Crippen molar-refractivity contribution in [3.8, 4) is 39.1 Å². The first-order chi connectivity index (χ1) is 35.1. The van der Waals surface area contributed by atoms with Crippen LogP contribution in [0.5, 0.6) is 0 Å². The van der Waals surface area contributed by atoms with Gasteiger partial charge in [0.25, 0.3) is 0 Å². The van der Waals surface area contributed by atoms with Crippen molar-refractivity contribution in [1.29, 1.82) is 0 Å². The molecule has 2 aromatic heterocycles. The SMILES string of the molecule is C/C=c1/ccc2cc(N(c3ccc(-c4ccc(-n5c6c(c7ccccc75)C=CCC6)cc4)cc3)c3ccc4c(c3)C(c3ccccc3)(c3ccccc3)c3cc(-c5ccccc5)ccc3-4)cnc2/c1=C/C. The highest BCUT2D eigenvalue weighted by Gasteiger charge is 2.46. The van der Waals surface area contributed by atoms with Crippen LogP contribution in [0.2, 0.25) is 0 Å². The highest BCUT2D eigenvalue weighted by Crippen LogP contribution is 2.58. The summed E-state index contributed by atoms with van der Waals surface area (Å²) in [6.07, 6.45) is 13.1. The van der Waals surface area contributed by atoms with Crippen LogP contribution in [0.4, 0.5) is 17.1 Å². The van der Waals surface area contributed by atoms with Gasteiger partial charge in [-0.3, -0.25) is 4.98 Å². The van der Waals surface area contributed by atoms with E-state index in [0.717, 1.165) is 51.6 Å². The third-order valence-electron chi connectivity index (χ3n) is 15.1. The van der Waals surface area contributed by atoms with Gasteiger partial charge in [-0.15, -0.1) is 0 Å². The Morgan fingerprint density at radius 2 is 1.13 bits per heavy atom. The van der Waals surface area contributed by atoms with Crippen molar-refractivity contribution in [2.75, 3.05) is 4.90 Å². The molecule has 0 saturated carbocycles. The van der Waals surface area contributed by atoms with Gasteiger partial charge in [-0.1, -0.05) is 188 Å². The summed E-state index contributed by atoms with van der Waals surface area (Å²) in [5.41, 5.74) is 20.9. The van der Waals surface area contributed by atoms with E-state index in [1.54, 1.807) is 0 Å². The number of hydrogen-bond donors (Lipinski definition) is 0. The van der Waals surface area contributed by atoms with Gasteiger partial charge >= 0.3 is 0 Å². The largest absolute Gasteiger partial charge is 0.313 e. The van der Waals surface area contributed by atoms with Crippen LogP contribution in [0.15, 0.2) is 231 Å². The predicted molar refractivity (Wildman–Crippen MR) is 298 cm³/mol. The lowest BCUT2D eigenvalue weighted by Crippen LogP contribution is -2.29. The lowest BCUT2D eigenvalue weighted by molar-refractivity contribution is 0.768. The van der Waals surface area contributed by atoms with Crippen LogP contribution < -0.4 is 15.3 Å². The topological polar surface area (TPSA) is 21.1 Å². The number of nitrogens with zero attached hydrogens (tertiary/aromatic N) is 3. The molecule has 0 N–H and O–H groups in total. The third-order valence-corrected chi connectivity index (χ3v) is 15.1. The van der Waals surface area contributed by atoms with Crippen LogP contribution in [0.3, 0.4) is 0 Å². The van der Waals surface area contributed by atoms with Crippen molar-refractivity contribution in [3.05, 3.63) is 275 Å². The van der Waals surface area contributed by atoms with E-state index >= 15 is 0 Å². The quantitative estimate of drug-likeness (QED) is 0.151. The second kappa shape index (κ2) is 17.3. The molecule has 338 valence electrons. The van der Waals surface area contributed by atoms with Gasteiger partial charge in [0.15, 0.2) is 0 Å². The van der Waals surface area contributed by atoms with Crippen molar-refractivity contribution in [2.24, 2.45) is 0 Å². The molecule has 0 radical (unpaired) electrons. The molecule has 0 atom stereocenters. The summed E-state index contributed by atoms with van der Waals surface area (Å²) in [6, 6.07) is 80.8. The van der Waals surface area contributed by atoms with Gasteiger partial charge in [-0.25, -0.2) is 0 Å². The molecule has 9 aromatic carbocycles. The van der Waals surface area contributed by atoms with Crippen LogP contribution in [-0.4, -0.2) is 9.55 Å². The second-order valence-corrected chi connectivity index (χ2v) is 18.8. The van der Waals surface area contributed by atoms with Crippen molar-refractivity contribution in [3.63, 3.8) is 0 Å². The molecule has 13 rings (SSSR count). The van der Waals surface area contributed by atoms with E-state index in [1.165, 1.54) is 83.1 Å². The van der Waals surface area contributed by atoms with E-state index in [4.69, 9.17) is 4.98 Å². The number of para-hydroxylation sites is 1. The minimum atomic E-state index is -0.598. The van der Waals surface area contributed by atoms with Gasteiger partial charge < -0.3 is 9.47 Å². The molecule has 3 heteroatoms. The van der Waals surface area contributed by atoms with E-state index < -0.39 is 5.41 Å². The van der Waals surface area contributed by atoms with Crippen molar-refractivity contribution >= 4 is 57.1 Å².